The van der Waals surface area contributed by atoms with Crippen LogP contribution in [0.2, 0.25) is 0 Å². The average Bonchev–Trinajstić information content (AvgIpc) is 3.70. The van der Waals surface area contributed by atoms with E-state index < -0.39 is 0 Å². The monoisotopic (exact) mass is 589 g/mol. The first-order chi connectivity index (χ1) is 21.7. The quantitative estimate of drug-likeness (QED) is 0.188. The number of para-hydroxylation sites is 1. The summed E-state index contributed by atoms with van der Waals surface area (Å²) in [6.45, 7) is 10.1. The molecular formula is C40H35N3S. The van der Waals surface area contributed by atoms with Gasteiger partial charge in [0.2, 0.25) is 0 Å². The zero-order chi connectivity index (χ0) is 30.5. The number of hydrogen-bond donors (Lipinski definition) is 1. The highest BCUT2D eigenvalue weighted by Gasteiger charge is 2.15. The minimum absolute atomic E-state index is 1.01. The van der Waals surface area contributed by atoms with Crippen LogP contribution in [0, 0.1) is 0 Å². The van der Waals surface area contributed by atoms with Gasteiger partial charge in [-0.05, 0) is 78.7 Å². The van der Waals surface area contributed by atoms with Gasteiger partial charge in [-0.25, -0.2) is 4.98 Å². The van der Waals surface area contributed by atoms with E-state index in [0.717, 1.165) is 44.2 Å². The Bertz CT molecular complexity index is 2100. The van der Waals surface area contributed by atoms with Gasteiger partial charge >= 0.3 is 0 Å². The van der Waals surface area contributed by atoms with E-state index in [1.54, 1.807) is 11.3 Å². The Kier molecular flexibility index (Phi) is 8.53. The molecule has 5 aromatic carbocycles. The van der Waals surface area contributed by atoms with Crippen molar-refractivity contribution in [2.75, 3.05) is 4.90 Å². The van der Waals surface area contributed by atoms with E-state index in [4.69, 9.17) is 4.98 Å². The number of hydrogen-bond acceptors (Lipinski definition) is 3. The number of nitrogens with one attached hydrogen (secondary N) is 1. The van der Waals surface area contributed by atoms with Crippen LogP contribution in [0.1, 0.15) is 20.8 Å². The topological polar surface area (TPSA) is 31.9 Å². The Labute approximate surface area is 263 Å². The lowest BCUT2D eigenvalue weighted by Crippen LogP contribution is -2.14. The molecule has 0 unspecified atom stereocenters. The fourth-order valence-electron chi connectivity index (χ4n) is 5.49. The third-order valence-electron chi connectivity index (χ3n) is 7.55. The predicted molar refractivity (Wildman–Crippen MR) is 193 cm³/mol. The van der Waals surface area contributed by atoms with Gasteiger partial charge in [-0.3, -0.25) is 0 Å². The molecule has 0 aliphatic rings. The summed E-state index contributed by atoms with van der Waals surface area (Å²) in [5.41, 5.74) is 10.00. The molecule has 0 saturated carbocycles. The highest BCUT2D eigenvalue weighted by atomic mass is 32.1. The van der Waals surface area contributed by atoms with Crippen LogP contribution in [-0.4, -0.2) is 9.97 Å². The first-order valence-corrected chi connectivity index (χ1v) is 15.9. The maximum Gasteiger partial charge on any atom is 0.124 e. The summed E-state index contributed by atoms with van der Waals surface area (Å²) in [4.78, 5) is 10.8. The van der Waals surface area contributed by atoms with Gasteiger partial charge in [0, 0.05) is 38.9 Å². The van der Waals surface area contributed by atoms with Gasteiger partial charge < -0.3 is 9.88 Å². The van der Waals surface area contributed by atoms with Gasteiger partial charge in [0.05, 0.1) is 15.7 Å². The van der Waals surface area contributed by atoms with Crippen molar-refractivity contribution in [3.63, 3.8) is 0 Å². The molecule has 0 aliphatic heterocycles. The van der Waals surface area contributed by atoms with Gasteiger partial charge in [-0.1, -0.05) is 99.3 Å². The van der Waals surface area contributed by atoms with E-state index in [2.05, 4.69) is 126 Å². The highest BCUT2D eigenvalue weighted by Crippen LogP contribution is 2.39. The van der Waals surface area contributed by atoms with Gasteiger partial charge in [0.1, 0.15) is 5.01 Å². The van der Waals surface area contributed by atoms with E-state index in [9.17, 15) is 0 Å². The van der Waals surface area contributed by atoms with Gasteiger partial charge in [-0.2, -0.15) is 0 Å². The standard InChI is InChI=1S/C38H29N3S.C2H6/c1-3-5-14-29(4-2)41(30-15-10-7-11-16-30)31-20-17-26(18-21-31)28-19-23-34-33(25-28)32-22-24-35-37(36(32)39-34)42-38(40-35)27-12-8-6-9-13-27;1-2/h3-25,39H,2H2,1H3;1-2H3/b5-3-,29-14+;. The first kappa shape index (κ1) is 28.9. The van der Waals surface area contributed by atoms with E-state index in [1.165, 1.54) is 26.6 Å². The second-order valence-corrected chi connectivity index (χ2v) is 11.1. The molecule has 4 heteroatoms. The Morgan fingerprint density at radius 3 is 2.14 bits per heavy atom. The fraction of sp³-hybridized carbons (Fsp3) is 0.0750. The van der Waals surface area contributed by atoms with Crippen LogP contribution in [-0.2, 0) is 0 Å². The number of aromatic nitrogens is 2. The fourth-order valence-corrected chi connectivity index (χ4v) is 6.56. The Morgan fingerprint density at radius 1 is 0.750 bits per heavy atom. The summed E-state index contributed by atoms with van der Waals surface area (Å²) in [6.07, 6.45) is 8.05. The van der Waals surface area contributed by atoms with Gasteiger partial charge in [0.25, 0.3) is 0 Å². The van der Waals surface area contributed by atoms with Gasteiger partial charge in [-0.15, -0.1) is 11.3 Å². The average molecular weight is 590 g/mol. The lowest BCUT2D eigenvalue weighted by Gasteiger charge is -2.26. The molecule has 0 amide bonds. The molecule has 0 saturated heterocycles. The van der Waals surface area contributed by atoms with Crippen molar-refractivity contribution in [2.45, 2.75) is 20.8 Å². The number of nitrogens with zero attached hydrogens (tertiary/aromatic N) is 2. The second kappa shape index (κ2) is 13.0. The van der Waals surface area contributed by atoms with E-state index in [-0.39, 0.29) is 0 Å². The maximum atomic E-state index is 4.93. The maximum absolute atomic E-state index is 4.93. The molecule has 7 rings (SSSR count). The number of thiazole rings is 1. The SMILES string of the molecule is C=C/C(=C\C=C/C)N(c1ccccc1)c1ccc(-c2ccc3[nH]c4c(ccc5nc(-c6ccccc6)sc54)c3c2)cc1.CC. The molecule has 216 valence electrons. The molecule has 0 atom stereocenters. The van der Waals surface area contributed by atoms with Crippen molar-refractivity contribution in [1.29, 1.82) is 0 Å². The lowest BCUT2D eigenvalue weighted by atomic mass is 10.0. The number of benzene rings is 5. The number of H-pyrrole nitrogens is 1. The summed E-state index contributed by atoms with van der Waals surface area (Å²) >= 11 is 1.74. The lowest BCUT2D eigenvalue weighted by molar-refractivity contribution is 1.21. The van der Waals surface area contributed by atoms with E-state index in [0.29, 0.717) is 0 Å². The van der Waals surface area contributed by atoms with E-state index >= 15 is 0 Å². The van der Waals surface area contributed by atoms with Crippen molar-refractivity contribution in [2.24, 2.45) is 0 Å². The molecule has 7 aromatic rings. The molecule has 0 spiro atoms. The van der Waals surface area contributed by atoms with Crippen molar-refractivity contribution in [3.8, 4) is 21.7 Å². The highest BCUT2D eigenvalue weighted by molar-refractivity contribution is 7.22. The Morgan fingerprint density at radius 2 is 1.43 bits per heavy atom. The second-order valence-electron chi connectivity index (χ2n) is 10.1. The molecule has 44 heavy (non-hydrogen) atoms. The number of rotatable bonds is 7. The van der Waals surface area contributed by atoms with Crippen LogP contribution in [0.4, 0.5) is 11.4 Å². The molecule has 0 aliphatic carbocycles. The molecule has 0 radical (unpaired) electrons. The Balaban J connectivity index is 0.00000168. The summed E-state index contributed by atoms with van der Waals surface area (Å²) in [6, 6.07) is 40.6. The van der Waals surface area contributed by atoms with Crippen molar-refractivity contribution < 1.29 is 0 Å². The Hall–Kier alpha value is -5.19. The summed E-state index contributed by atoms with van der Waals surface area (Å²) in [5, 5.41) is 3.48. The normalized spacial score (nSPS) is 11.7. The number of anilines is 2. The zero-order valence-electron chi connectivity index (χ0n) is 25.3. The molecule has 2 aromatic heterocycles. The van der Waals surface area contributed by atoms with Crippen LogP contribution in [0.3, 0.4) is 0 Å². The first-order valence-electron chi connectivity index (χ1n) is 15.0. The van der Waals surface area contributed by atoms with Crippen LogP contribution < -0.4 is 4.90 Å². The summed E-state index contributed by atoms with van der Waals surface area (Å²) < 4.78 is 1.19. The van der Waals surface area contributed by atoms with Crippen LogP contribution in [0.5, 0.6) is 0 Å². The van der Waals surface area contributed by atoms with E-state index in [1.807, 2.05) is 51.1 Å². The third kappa shape index (κ3) is 5.48. The number of fused-ring (bicyclic) bond motifs is 5. The molecule has 2 heterocycles. The molecule has 3 nitrogen and oxygen atoms in total. The molecule has 0 fully saturated rings. The predicted octanol–water partition coefficient (Wildman–Crippen LogP) is 12.1. The van der Waals surface area contributed by atoms with Crippen molar-refractivity contribution in [3.05, 3.63) is 152 Å². The van der Waals surface area contributed by atoms with Crippen LogP contribution in [0.15, 0.2) is 152 Å². The molecule has 1 N–H and O–H groups in total. The molecular weight excluding hydrogens is 555 g/mol. The van der Waals surface area contributed by atoms with Crippen LogP contribution >= 0.6 is 11.3 Å². The zero-order valence-corrected chi connectivity index (χ0v) is 26.1. The van der Waals surface area contributed by atoms with Crippen molar-refractivity contribution in [1.82, 2.24) is 9.97 Å². The largest absolute Gasteiger partial charge is 0.353 e. The summed E-state index contributed by atoms with van der Waals surface area (Å²) in [7, 11) is 0. The minimum Gasteiger partial charge on any atom is -0.353 e. The number of aromatic amines is 1. The smallest absolute Gasteiger partial charge is 0.124 e. The van der Waals surface area contributed by atoms with Crippen LogP contribution in [0.25, 0.3) is 53.7 Å². The van der Waals surface area contributed by atoms with Crippen molar-refractivity contribution >= 4 is 54.7 Å². The summed E-state index contributed by atoms with van der Waals surface area (Å²) in [5.74, 6) is 0. The third-order valence-corrected chi connectivity index (χ3v) is 8.69. The minimum atomic E-state index is 1.01. The molecule has 0 bridgehead atoms. The van der Waals surface area contributed by atoms with Gasteiger partial charge in [0.15, 0.2) is 0 Å². The number of allylic oxidation sites excluding steroid dienone is 4.